The predicted octanol–water partition coefficient (Wildman–Crippen LogP) is 0.370. The third-order valence-corrected chi connectivity index (χ3v) is 2.84. The maximum Gasteiger partial charge on any atom is 0.238 e. The van der Waals surface area contributed by atoms with Crippen molar-refractivity contribution < 1.29 is 5.11 Å². The van der Waals surface area contributed by atoms with E-state index < -0.39 is 0 Å². The van der Waals surface area contributed by atoms with Gasteiger partial charge in [0.1, 0.15) is 12.0 Å². The van der Waals surface area contributed by atoms with Crippen LogP contribution in [0.5, 0.6) is 5.88 Å². The van der Waals surface area contributed by atoms with Crippen LogP contribution in [-0.2, 0) is 0 Å². The highest BCUT2D eigenvalue weighted by Gasteiger charge is 2.20. The second-order valence-corrected chi connectivity index (χ2v) is 3.81. The summed E-state index contributed by atoms with van der Waals surface area (Å²) in [5, 5.41) is 12.9. The Hall–Kier alpha value is -1.36. The number of hydrogen-bond donors (Lipinski definition) is 2. The molecule has 0 aromatic carbocycles. The molecule has 0 saturated carbocycles. The molecule has 1 fully saturated rings. The van der Waals surface area contributed by atoms with Crippen molar-refractivity contribution in [3.63, 3.8) is 0 Å². The molecule has 0 spiro atoms. The highest BCUT2D eigenvalue weighted by molar-refractivity contribution is 5.52. The molecule has 1 aromatic rings. The van der Waals surface area contributed by atoms with Crippen LogP contribution in [0.3, 0.4) is 0 Å². The van der Waals surface area contributed by atoms with Crippen molar-refractivity contribution in [3.8, 4) is 5.88 Å². The van der Waals surface area contributed by atoms with Gasteiger partial charge in [-0.25, -0.2) is 9.97 Å². The van der Waals surface area contributed by atoms with Crippen LogP contribution >= 0.6 is 0 Å². The van der Waals surface area contributed by atoms with E-state index in [4.69, 9.17) is 0 Å². The van der Waals surface area contributed by atoms with Crippen LogP contribution in [0.2, 0.25) is 0 Å². The molecular weight excluding hydrogens is 192 g/mol. The molecule has 1 unspecified atom stereocenters. The van der Waals surface area contributed by atoms with Gasteiger partial charge in [-0.15, -0.1) is 0 Å². The Morgan fingerprint density at radius 2 is 2.47 bits per heavy atom. The summed E-state index contributed by atoms with van der Waals surface area (Å²) in [6.45, 7) is 1.86. The van der Waals surface area contributed by atoms with Gasteiger partial charge in [0.25, 0.3) is 0 Å². The van der Waals surface area contributed by atoms with Crippen molar-refractivity contribution in [2.75, 3.05) is 25.0 Å². The Morgan fingerprint density at radius 3 is 3.20 bits per heavy atom. The Morgan fingerprint density at radius 1 is 1.60 bits per heavy atom. The molecule has 1 aliphatic heterocycles. The fourth-order valence-electron chi connectivity index (χ4n) is 1.97. The normalized spacial score (nSPS) is 21.7. The SMILES string of the molecule is CNC1CCCN(c2cncnc2O)C1. The van der Waals surface area contributed by atoms with Crippen LogP contribution in [-0.4, -0.2) is 41.3 Å². The van der Waals surface area contributed by atoms with Gasteiger partial charge in [-0.1, -0.05) is 0 Å². The van der Waals surface area contributed by atoms with E-state index in [1.165, 1.54) is 12.7 Å². The number of rotatable bonds is 2. The van der Waals surface area contributed by atoms with Crippen molar-refractivity contribution in [3.05, 3.63) is 12.5 Å². The maximum atomic E-state index is 9.61. The van der Waals surface area contributed by atoms with Crippen molar-refractivity contribution in [1.82, 2.24) is 15.3 Å². The van der Waals surface area contributed by atoms with Gasteiger partial charge in [0.05, 0.1) is 6.20 Å². The second-order valence-electron chi connectivity index (χ2n) is 3.81. The molecule has 0 bridgehead atoms. The van der Waals surface area contributed by atoms with E-state index in [-0.39, 0.29) is 5.88 Å². The molecule has 1 aromatic heterocycles. The first-order valence-corrected chi connectivity index (χ1v) is 5.22. The van der Waals surface area contributed by atoms with Crippen LogP contribution < -0.4 is 10.2 Å². The topological polar surface area (TPSA) is 61.3 Å². The third kappa shape index (κ3) is 2.18. The smallest absolute Gasteiger partial charge is 0.238 e. The molecular formula is C10H16N4O. The summed E-state index contributed by atoms with van der Waals surface area (Å²) in [6, 6.07) is 0.485. The van der Waals surface area contributed by atoms with E-state index in [1.807, 2.05) is 7.05 Å². The predicted molar refractivity (Wildman–Crippen MR) is 58.0 cm³/mol. The molecule has 0 amide bonds. The monoisotopic (exact) mass is 208 g/mol. The molecule has 15 heavy (non-hydrogen) atoms. The molecule has 82 valence electrons. The Bertz CT molecular complexity index is 331. The Balaban J connectivity index is 2.13. The van der Waals surface area contributed by atoms with Crippen molar-refractivity contribution >= 4 is 5.69 Å². The van der Waals surface area contributed by atoms with E-state index >= 15 is 0 Å². The zero-order valence-corrected chi connectivity index (χ0v) is 8.85. The number of nitrogens with one attached hydrogen (secondary N) is 1. The summed E-state index contributed by atoms with van der Waals surface area (Å²) >= 11 is 0. The van der Waals surface area contributed by atoms with Gasteiger partial charge in [-0.2, -0.15) is 0 Å². The molecule has 0 aliphatic carbocycles. The molecule has 2 rings (SSSR count). The maximum absolute atomic E-state index is 9.61. The molecule has 1 atom stereocenters. The summed E-state index contributed by atoms with van der Waals surface area (Å²) in [6.07, 6.45) is 5.33. The second kappa shape index (κ2) is 4.44. The highest BCUT2D eigenvalue weighted by atomic mass is 16.3. The first-order valence-electron chi connectivity index (χ1n) is 5.22. The van der Waals surface area contributed by atoms with Crippen molar-refractivity contribution in [2.24, 2.45) is 0 Å². The van der Waals surface area contributed by atoms with Gasteiger partial charge in [0, 0.05) is 19.1 Å². The van der Waals surface area contributed by atoms with Gasteiger partial charge in [0.15, 0.2) is 0 Å². The van der Waals surface area contributed by atoms with E-state index in [2.05, 4.69) is 20.2 Å². The molecule has 2 N–H and O–H groups in total. The lowest BCUT2D eigenvalue weighted by atomic mass is 10.1. The molecule has 2 heterocycles. The van der Waals surface area contributed by atoms with Crippen LogP contribution in [0.4, 0.5) is 5.69 Å². The van der Waals surface area contributed by atoms with E-state index in [0.29, 0.717) is 6.04 Å². The summed E-state index contributed by atoms with van der Waals surface area (Å²) in [7, 11) is 1.97. The van der Waals surface area contributed by atoms with Crippen molar-refractivity contribution in [2.45, 2.75) is 18.9 Å². The number of anilines is 1. The number of likely N-dealkylation sites (N-methyl/N-ethyl adjacent to an activating group) is 1. The first kappa shape index (κ1) is 10.2. The quantitative estimate of drug-likeness (QED) is 0.735. The lowest BCUT2D eigenvalue weighted by molar-refractivity contribution is 0.427. The standard InChI is InChI=1S/C10H16N4O/c1-11-8-3-2-4-14(6-8)9-5-12-7-13-10(9)15/h5,7-8,11H,2-4,6H2,1H3,(H,12,13,15). The number of nitrogens with zero attached hydrogens (tertiary/aromatic N) is 3. The zero-order chi connectivity index (χ0) is 10.7. The highest BCUT2D eigenvalue weighted by Crippen LogP contribution is 2.25. The molecule has 5 heteroatoms. The van der Waals surface area contributed by atoms with Gasteiger partial charge in [-0.3, -0.25) is 0 Å². The first-order chi connectivity index (χ1) is 7.31. The summed E-state index contributed by atoms with van der Waals surface area (Å²) in [4.78, 5) is 9.85. The molecule has 5 nitrogen and oxygen atoms in total. The number of aromatic hydroxyl groups is 1. The average molecular weight is 208 g/mol. The summed E-state index contributed by atoms with van der Waals surface area (Å²) < 4.78 is 0. The van der Waals surface area contributed by atoms with Crippen LogP contribution in [0.25, 0.3) is 0 Å². The fourth-order valence-corrected chi connectivity index (χ4v) is 1.97. The van der Waals surface area contributed by atoms with Gasteiger partial charge in [0.2, 0.25) is 5.88 Å². The average Bonchev–Trinajstić information content (AvgIpc) is 2.30. The van der Waals surface area contributed by atoms with Gasteiger partial charge in [-0.05, 0) is 19.9 Å². The summed E-state index contributed by atoms with van der Waals surface area (Å²) in [5.41, 5.74) is 0.734. The van der Waals surface area contributed by atoms with Crippen LogP contribution in [0.1, 0.15) is 12.8 Å². The summed E-state index contributed by atoms with van der Waals surface area (Å²) in [5.74, 6) is 0.0711. The minimum Gasteiger partial charge on any atom is -0.492 e. The van der Waals surface area contributed by atoms with E-state index in [0.717, 1.165) is 25.2 Å². The Kier molecular flexibility index (Phi) is 3.01. The van der Waals surface area contributed by atoms with Gasteiger partial charge >= 0.3 is 0 Å². The Labute approximate surface area is 89.2 Å². The lowest BCUT2D eigenvalue weighted by Crippen LogP contribution is -2.44. The minimum absolute atomic E-state index is 0.0711. The largest absolute Gasteiger partial charge is 0.492 e. The number of hydrogen-bond acceptors (Lipinski definition) is 5. The lowest BCUT2D eigenvalue weighted by Gasteiger charge is -2.33. The van der Waals surface area contributed by atoms with Crippen LogP contribution in [0.15, 0.2) is 12.5 Å². The van der Waals surface area contributed by atoms with Crippen molar-refractivity contribution in [1.29, 1.82) is 0 Å². The van der Waals surface area contributed by atoms with E-state index in [1.54, 1.807) is 6.20 Å². The third-order valence-electron chi connectivity index (χ3n) is 2.84. The number of piperidine rings is 1. The zero-order valence-electron chi connectivity index (χ0n) is 8.85. The molecule has 1 aliphatic rings. The van der Waals surface area contributed by atoms with Crippen LogP contribution in [0, 0.1) is 0 Å². The number of aromatic nitrogens is 2. The van der Waals surface area contributed by atoms with Gasteiger partial charge < -0.3 is 15.3 Å². The fraction of sp³-hybridized carbons (Fsp3) is 0.600. The molecule has 0 radical (unpaired) electrons. The van der Waals surface area contributed by atoms with E-state index in [9.17, 15) is 5.11 Å². The minimum atomic E-state index is 0.0711. The molecule has 1 saturated heterocycles.